The van der Waals surface area contributed by atoms with Crippen molar-refractivity contribution in [3.63, 3.8) is 0 Å². The largest absolute Gasteiger partial charge is 0.444 e. The maximum absolute atomic E-state index is 11.8. The van der Waals surface area contributed by atoms with Gasteiger partial charge in [0.15, 0.2) is 5.96 Å². The van der Waals surface area contributed by atoms with Crippen molar-refractivity contribution in [2.45, 2.75) is 52.7 Å². The minimum Gasteiger partial charge on any atom is -0.444 e. The van der Waals surface area contributed by atoms with E-state index in [9.17, 15) is 4.79 Å². The van der Waals surface area contributed by atoms with E-state index in [1.165, 1.54) is 5.56 Å². The molecule has 6 heteroatoms. The molecule has 0 bridgehead atoms. The monoisotopic (exact) mass is 320 g/mol. The Morgan fingerprint density at radius 2 is 1.74 bits per heavy atom. The third-order valence-corrected chi connectivity index (χ3v) is 2.81. The summed E-state index contributed by atoms with van der Waals surface area (Å²) in [6.07, 6.45) is -0.470. The standard InChI is InChI=1S/C17H28N4O2/c1-12-7-9-13(10-8-12)20-14(18)19-11-17(5,6)21-15(22)23-16(2,3)4/h7-10H,11H2,1-6H3,(H,21,22)(H3,18,19,20). The van der Waals surface area contributed by atoms with Crippen LogP contribution in [0.5, 0.6) is 0 Å². The molecular weight excluding hydrogens is 292 g/mol. The summed E-state index contributed by atoms with van der Waals surface area (Å²) >= 11 is 0. The molecular formula is C17H28N4O2. The molecule has 0 atom stereocenters. The van der Waals surface area contributed by atoms with Crippen molar-refractivity contribution in [3.05, 3.63) is 29.8 Å². The Morgan fingerprint density at radius 1 is 1.17 bits per heavy atom. The lowest BCUT2D eigenvalue weighted by molar-refractivity contribution is 0.0476. The first-order valence-corrected chi connectivity index (χ1v) is 7.62. The lowest BCUT2D eigenvalue weighted by Gasteiger charge is -2.27. The highest BCUT2D eigenvalue weighted by Crippen LogP contribution is 2.11. The van der Waals surface area contributed by atoms with Gasteiger partial charge in [-0.2, -0.15) is 0 Å². The topological polar surface area (TPSA) is 88.7 Å². The Morgan fingerprint density at radius 3 is 2.26 bits per heavy atom. The number of nitrogens with two attached hydrogens (primary N) is 1. The van der Waals surface area contributed by atoms with Crippen LogP contribution in [0.15, 0.2) is 29.3 Å². The second-order valence-corrected chi connectivity index (χ2v) is 7.20. The third kappa shape index (κ3) is 8.09. The number of nitrogens with zero attached hydrogens (tertiary/aromatic N) is 1. The number of alkyl carbamates (subject to hydrolysis) is 1. The van der Waals surface area contributed by atoms with Crippen molar-refractivity contribution in [1.82, 2.24) is 5.32 Å². The predicted octanol–water partition coefficient (Wildman–Crippen LogP) is 3.02. The van der Waals surface area contributed by atoms with Gasteiger partial charge in [-0.3, -0.25) is 4.99 Å². The first kappa shape index (κ1) is 18.8. The summed E-state index contributed by atoms with van der Waals surface area (Å²) in [6, 6.07) is 7.84. The molecule has 0 unspecified atom stereocenters. The number of guanidine groups is 1. The van der Waals surface area contributed by atoms with E-state index in [2.05, 4.69) is 15.6 Å². The molecule has 6 nitrogen and oxygen atoms in total. The average molecular weight is 320 g/mol. The van der Waals surface area contributed by atoms with Crippen LogP contribution in [0.2, 0.25) is 0 Å². The minimum absolute atomic E-state index is 0.299. The molecule has 1 amide bonds. The first-order valence-electron chi connectivity index (χ1n) is 7.62. The number of carbonyl (C=O) groups is 1. The molecule has 0 saturated carbocycles. The molecule has 23 heavy (non-hydrogen) atoms. The fourth-order valence-electron chi connectivity index (χ4n) is 1.73. The van der Waals surface area contributed by atoms with E-state index in [-0.39, 0.29) is 0 Å². The molecule has 0 aliphatic heterocycles. The van der Waals surface area contributed by atoms with E-state index in [1.54, 1.807) is 0 Å². The van der Waals surface area contributed by atoms with Crippen LogP contribution in [0.25, 0.3) is 0 Å². The van der Waals surface area contributed by atoms with Crippen molar-refractivity contribution < 1.29 is 9.53 Å². The Hall–Kier alpha value is -2.24. The van der Waals surface area contributed by atoms with Crippen molar-refractivity contribution >= 4 is 17.7 Å². The van der Waals surface area contributed by atoms with Crippen LogP contribution in [0.3, 0.4) is 0 Å². The number of anilines is 1. The number of rotatable bonds is 4. The Bertz CT molecular complexity index is 557. The quantitative estimate of drug-likeness (QED) is 0.587. The maximum Gasteiger partial charge on any atom is 0.408 e. The molecule has 1 aromatic rings. The normalized spacial score (nSPS) is 12.7. The molecule has 128 valence electrons. The zero-order valence-corrected chi connectivity index (χ0v) is 14.9. The smallest absolute Gasteiger partial charge is 0.408 e. The summed E-state index contributed by atoms with van der Waals surface area (Å²) in [4.78, 5) is 16.1. The van der Waals surface area contributed by atoms with Gasteiger partial charge in [-0.25, -0.2) is 4.79 Å². The fraction of sp³-hybridized carbons (Fsp3) is 0.529. The lowest BCUT2D eigenvalue weighted by Crippen LogP contribution is -2.48. The second kappa shape index (κ2) is 7.35. The van der Waals surface area contributed by atoms with E-state index in [0.29, 0.717) is 12.5 Å². The van der Waals surface area contributed by atoms with Crippen LogP contribution in [0.1, 0.15) is 40.2 Å². The van der Waals surface area contributed by atoms with Gasteiger partial charge in [0.2, 0.25) is 0 Å². The average Bonchev–Trinajstić information content (AvgIpc) is 2.36. The Kier molecular flexibility index (Phi) is 6.01. The number of hydrogen-bond acceptors (Lipinski definition) is 3. The summed E-state index contributed by atoms with van der Waals surface area (Å²) < 4.78 is 5.24. The highest BCUT2D eigenvalue weighted by Gasteiger charge is 2.24. The molecule has 1 aromatic carbocycles. The maximum atomic E-state index is 11.8. The van der Waals surface area contributed by atoms with Gasteiger partial charge in [-0.1, -0.05) is 17.7 Å². The van der Waals surface area contributed by atoms with Crippen LogP contribution >= 0.6 is 0 Å². The van der Waals surface area contributed by atoms with Gasteiger partial charge < -0.3 is 21.1 Å². The van der Waals surface area contributed by atoms with Crippen LogP contribution in [-0.2, 0) is 4.74 Å². The number of aryl methyl sites for hydroxylation is 1. The van der Waals surface area contributed by atoms with Gasteiger partial charge in [-0.05, 0) is 53.7 Å². The van der Waals surface area contributed by atoms with Gasteiger partial charge in [0, 0.05) is 5.69 Å². The van der Waals surface area contributed by atoms with Gasteiger partial charge >= 0.3 is 6.09 Å². The van der Waals surface area contributed by atoms with E-state index < -0.39 is 17.2 Å². The van der Waals surface area contributed by atoms with Gasteiger partial charge in [0.1, 0.15) is 5.60 Å². The number of amides is 1. The predicted molar refractivity (Wildman–Crippen MR) is 94.7 cm³/mol. The highest BCUT2D eigenvalue weighted by molar-refractivity contribution is 5.92. The summed E-state index contributed by atoms with van der Waals surface area (Å²) in [6.45, 7) is 11.5. The number of ether oxygens (including phenoxy) is 1. The Labute approximate surface area is 138 Å². The van der Waals surface area contributed by atoms with Gasteiger partial charge in [-0.15, -0.1) is 0 Å². The SMILES string of the molecule is Cc1ccc(NC(N)=NCC(C)(C)NC(=O)OC(C)(C)C)cc1. The van der Waals surface area contributed by atoms with E-state index in [4.69, 9.17) is 10.5 Å². The molecule has 4 N–H and O–H groups in total. The molecule has 1 rings (SSSR count). The number of hydrogen-bond donors (Lipinski definition) is 3. The van der Waals surface area contributed by atoms with Crippen LogP contribution in [0.4, 0.5) is 10.5 Å². The minimum atomic E-state index is -0.568. The molecule has 0 aliphatic rings. The number of benzene rings is 1. The highest BCUT2D eigenvalue weighted by atomic mass is 16.6. The molecule has 0 heterocycles. The van der Waals surface area contributed by atoms with Crippen molar-refractivity contribution in [1.29, 1.82) is 0 Å². The molecule has 0 aliphatic carbocycles. The zero-order chi connectivity index (χ0) is 17.7. The van der Waals surface area contributed by atoms with Crippen LogP contribution in [-0.4, -0.2) is 29.7 Å². The molecule has 0 aromatic heterocycles. The van der Waals surface area contributed by atoms with Crippen molar-refractivity contribution in [2.24, 2.45) is 10.7 Å². The van der Waals surface area contributed by atoms with Crippen LogP contribution in [0, 0.1) is 6.92 Å². The number of nitrogens with one attached hydrogen (secondary N) is 2. The molecule has 0 fully saturated rings. The van der Waals surface area contributed by atoms with E-state index in [1.807, 2.05) is 65.8 Å². The van der Waals surface area contributed by atoms with Gasteiger partial charge in [0.25, 0.3) is 0 Å². The van der Waals surface area contributed by atoms with Crippen molar-refractivity contribution in [2.75, 3.05) is 11.9 Å². The summed E-state index contributed by atoms with van der Waals surface area (Å²) in [5.41, 5.74) is 6.82. The lowest BCUT2D eigenvalue weighted by atomic mass is 10.1. The zero-order valence-electron chi connectivity index (χ0n) is 14.9. The third-order valence-electron chi connectivity index (χ3n) is 2.81. The fourth-order valence-corrected chi connectivity index (χ4v) is 1.73. The second-order valence-electron chi connectivity index (χ2n) is 7.20. The van der Waals surface area contributed by atoms with E-state index >= 15 is 0 Å². The Balaban J connectivity index is 2.55. The van der Waals surface area contributed by atoms with Gasteiger partial charge in [0.05, 0.1) is 12.1 Å². The summed E-state index contributed by atoms with van der Waals surface area (Å²) in [5.74, 6) is 0.299. The van der Waals surface area contributed by atoms with Crippen molar-refractivity contribution in [3.8, 4) is 0 Å². The molecule has 0 radical (unpaired) electrons. The number of aliphatic imine (C=N–C) groups is 1. The molecule has 0 saturated heterocycles. The van der Waals surface area contributed by atoms with E-state index in [0.717, 1.165) is 5.69 Å². The first-order chi connectivity index (χ1) is 10.5. The summed E-state index contributed by atoms with van der Waals surface area (Å²) in [7, 11) is 0. The van der Waals surface area contributed by atoms with Crippen LogP contribution < -0.4 is 16.4 Å². The number of carbonyl (C=O) groups excluding carboxylic acids is 1. The molecule has 0 spiro atoms. The summed E-state index contributed by atoms with van der Waals surface area (Å²) in [5, 5.41) is 5.80.